The van der Waals surface area contributed by atoms with Gasteiger partial charge in [-0.15, -0.1) is 10.2 Å². The fourth-order valence-electron chi connectivity index (χ4n) is 2.22. The van der Waals surface area contributed by atoms with E-state index in [4.69, 9.17) is 4.74 Å². The number of hydrogen-bond donors (Lipinski definition) is 1. The molecule has 0 fully saturated rings. The highest BCUT2D eigenvalue weighted by Crippen LogP contribution is 2.34. The number of anilines is 1. The topological polar surface area (TPSA) is 76.5 Å². The summed E-state index contributed by atoms with van der Waals surface area (Å²) in [4.78, 5) is 16.9. The molecule has 25 heavy (non-hydrogen) atoms. The molecule has 2 aromatic rings. The van der Waals surface area contributed by atoms with Crippen molar-refractivity contribution >= 4 is 50.3 Å². The van der Waals surface area contributed by atoms with E-state index in [2.05, 4.69) is 20.5 Å². The van der Waals surface area contributed by atoms with Crippen LogP contribution in [0.25, 0.3) is 10.6 Å². The standard InChI is InChI=1S/C16H18N4O2S3/c1-3-12(24-16-17-8-9-23-16)13(21)18-15-20-19-14(25-15)10-6-4-5-7-11(10)22-2/h4-7,12H,3,8-9H2,1-2H3,(H,18,20,21)/t12-/m1/s1. The molecule has 9 heteroatoms. The van der Waals surface area contributed by atoms with E-state index in [1.54, 1.807) is 18.9 Å². The lowest BCUT2D eigenvalue weighted by molar-refractivity contribution is -0.115. The summed E-state index contributed by atoms with van der Waals surface area (Å²) in [5.41, 5.74) is 0.862. The van der Waals surface area contributed by atoms with Crippen molar-refractivity contribution in [3.8, 4) is 16.3 Å². The van der Waals surface area contributed by atoms with Crippen LogP contribution in [-0.4, -0.2) is 45.1 Å². The molecule has 1 atom stereocenters. The zero-order chi connectivity index (χ0) is 17.6. The molecule has 0 saturated heterocycles. The van der Waals surface area contributed by atoms with Gasteiger partial charge in [0, 0.05) is 5.75 Å². The minimum absolute atomic E-state index is 0.0644. The van der Waals surface area contributed by atoms with E-state index in [-0.39, 0.29) is 11.2 Å². The molecule has 0 spiro atoms. The molecule has 132 valence electrons. The van der Waals surface area contributed by atoms with Gasteiger partial charge in [-0.25, -0.2) is 0 Å². The number of para-hydroxylation sites is 1. The normalized spacial score (nSPS) is 14.9. The number of thioether (sulfide) groups is 2. The van der Waals surface area contributed by atoms with Gasteiger partial charge in [0.2, 0.25) is 11.0 Å². The number of carbonyl (C=O) groups is 1. The zero-order valence-corrected chi connectivity index (χ0v) is 16.3. The van der Waals surface area contributed by atoms with Crippen LogP contribution in [0.1, 0.15) is 13.3 Å². The Hall–Kier alpha value is -1.58. The largest absolute Gasteiger partial charge is 0.496 e. The molecule has 1 aliphatic heterocycles. The van der Waals surface area contributed by atoms with Gasteiger partial charge in [0.25, 0.3) is 0 Å². The van der Waals surface area contributed by atoms with Crippen LogP contribution >= 0.6 is 34.9 Å². The summed E-state index contributed by atoms with van der Waals surface area (Å²) in [5.74, 6) is 1.67. The predicted molar refractivity (Wildman–Crippen MR) is 107 cm³/mol. The first-order valence-corrected chi connectivity index (χ1v) is 10.5. The highest BCUT2D eigenvalue weighted by molar-refractivity contribution is 8.39. The summed E-state index contributed by atoms with van der Waals surface area (Å²) < 4.78 is 6.35. The van der Waals surface area contributed by atoms with Gasteiger partial charge in [-0.3, -0.25) is 15.1 Å². The number of amides is 1. The lowest BCUT2D eigenvalue weighted by Crippen LogP contribution is -2.25. The highest BCUT2D eigenvalue weighted by atomic mass is 32.2. The summed E-state index contributed by atoms with van der Waals surface area (Å²) in [5, 5.41) is 12.2. The molecule has 1 N–H and O–H groups in total. The van der Waals surface area contributed by atoms with Crippen LogP contribution in [0, 0.1) is 0 Å². The highest BCUT2D eigenvalue weighted by Gasteiger charge is 2.23. The number of aromatic nitrogens is 2. The number of carbonyl (C=O) groups excluding carboxylic acids is 1. The number of nitrogens with one attached hydrogen (secondary N) is 1. The fraction of sp³-hybridized carbons (Fsp3) is 0.375. The van der Waals surface area contributed by atoms with Gasteiger partial charge in [-0.05, 0) is 18.6 Å². The molecule has 3 rings (SSSR count). The van der Waals surface area contributed by atoms with Gasteiger partial charge in [0.15, 0.2) is 5.01 Å². The molecule has 1 aromatic carbocycles. The van der Waals surface area contributed by atoms with Gasteiger partial charge in [-0.1, -0.05) is 53.9 Å². The third kappa shape index (κ3) is 4.53. The number of nitrogens with zero attached hydrogens (tertiary/aromatic N) is 3. The molecule has 1 amide bonds. The van der Waals surface area contributed by atoms with Gasteiger partial charge >= 0.3 is 0 Å². The third-order valence-corrected chi connectivity index (χ3v) is 6.90. The van der Waals surface area contributed by atoms with Crippen molar-refractivity contribution in [3.05, 3.63) is 24.3 Å². The van der Waals surface area contributed by atoms with Crippen molar-refractivity contribution in [2.45, 2.75) is 18.6 Å². The Morgan fingerprint density at radius 2 is 2.24 bits per heavy atom. The van der Waals surface area contributed by atoms with Gasteiger partial charge in [-0.2, -0.15) is 0 Å². The minimum Gasteiger partial charge on any atom is -0.496 e. The van der Waals surface area contributed by atoms with Crippen LogP contribution in [0.4, 0.5) is 5.13 Å². The summed E-state index contributed by atoms with van der Waals surface area (Å²) in [6.45, 7) is 2.83. The average molecular weight is 395 g/mol. The number of benzene rings is 1. The molecule has 0 saturated carbocycles. The van der Waals surface area contributed by atoms with E-state index >= 15 is 0 Å². The van der Waals surface area contributed by atoms with Crippen LogP contribution in [-0.2, 0) is 4.79 Å². The van der Waals surface area contributed by atoms with Crippen molar-refractivity contribution in [2.24, 2.45) is 4.99 Å². The number of ether oxygens (including phenoxy) is 1. The van der Waals surface area contributed by atoms with Crippen LogP contribution in [0.3, 0.4) is 0 Å². The zero-order valence-electron chi connectivity index (χ0n) is 13.9. The van der Waals surface area contributed by atoms with Gasteiger partial charge in [0.1, 0.15) is 10.1 Å². The first kappa shape index (κ1) is 18.2. The lowest BCUT2D eigenvalue weighted by atomic mass is 10.2. The molecule has 1 aromatic heterocycles. The Bertz CT molecular complexity index is 778. The van der Waals surface area contributed by atoms with E-state index in [1.165, 1.54) is 23.1 Å². The van der Waals surface area contributed by atoms with E-state index in [0.29, 0.717) is 10.1 Å². The second-order valence-corrected chi connectivity index (χ2v) is 8.62. The molecular weight excluding hydrogens is 376 g/mol. The van der Waals surface area contributed by atoms with E-state index in [1.807, 2.05) is 31.2 Å². The maximum absolute atomic E-state index is 12.5. The predicted octanol–water partition coefficient (Wildman–Crippen LogP) is 3.77. The first-order valence-electron chi connectivity index (χ1n) is 7.83. The summed E-state index contributed by atoms with van der Waals surface area (Å²) >= 11 is 4.57. The van der Waals surface area contributed by atoms with Crippen LogP contribution < -0.4 is 10.1 Å². The Labute approximate surface area is 158 Å². The van der Waals surface area contributed by atoms with Crippen molar-refractivity contribution in [3.63, 3.8) is 0 Å². The molecule has 0 bridgehead atoms. The number of methoxy groups -OCH3 is 1. The SMILES string of the molecule is CC[C@@H](SC1=NCCS1)C(=O)Nc1nnc(-c2ccccc2OC)s1. The summed E-state index contributed by atoms with van der Waals surface area (Å²) in [7, 11) is 1.62. The lowest BCUT2D eigenvalue weighted by Gasteiger charge is -2.12. The summed E-state index contributed by atoms with van der Waals surface area (Å²) in [6.07, 6.45) is 0.730. The Kier molecular flexibility index (Phi) is 6.33. The van der Waals surface area contributed by atoms with Crippen LogP contribution in [0.5, 0.6) is 5.75 Å². The van der Waals surface area contributed by atoms with E-state index in [0.717, 1.165) is 34.4 Å². The molecule has 0 radical (unpaired) electrons. The third-order valence-electron chi connectivity index (χ3n) is 3.46. The number of hydrogen-bond acceptors (Lipinski definition) is 8. The number of rotatable bonds is 6. The van der Waals surface area contributed by atoms with Gasteiger partial charge < -0.3 is 4.74 Å². The second-order valence-electron chi connectivity index (χ2n) is 5.11. The van der Waals surface area contributed by atoms with Crippen LogP contribution in [0.15, 0.2) is 29.3 Å². The maximum atomic E-state index is 12.5. The molecule has 2 heterocycles. The maximum Gasteiger partial charge on any atom is 0.239 e. The monoisotopic (exact) mass is 394 g/mol. The Balaban J connectivity index is 1.68. The number of aliphatic imine (C=N–C) groups is 1. The van der Waals surface area contributed by atoms with E-state index < -0.39 is 0 Å². The minimum atomic E-state index is -0.178. The van der Waals surface area contributed by atoms with Crippen molar-refractivity contribution < 1.29 is 9.53 Å². The van der Waals surface area contributed by atoms with Crippen molar-refractivity contribution in [1.82, 2.24) is 10.2 Å². The Morgan fingerprint density at radius 3 is 2.96 bits per heavy atom. The first-order chi connectivity index (χ1) is 12.2. The molecular formula is C16H18N4O2S3. The fourth-order valence-corrected chi connectivity index (χ4v) is 5.15. The van der Waals surface area contributed by atoms with Crippen molar-refractivity contribution in [2.75, 3.05) is 24.7 Å². The van der Waals surface area contributed by atoms with Crippen LogP contribution in [0.2, 0.25) is 0 Å². The quantitative estimate of drug-likeness (QED) is 0.804. The Morgan fingerprint density at radius 1 is 1.40 bits per heavy atom. The van der Waals surface area contributed by atoms with Gasteiger partial charge in [0.05, 0.1) is 24.5 Å². The smallest absolute Gasteiger partial charge is 0.239 e. The molecule has 0 unspecified atom stereocenters. The molecule has 6 nitrogen and oxygen atoms in total. The van der Waals surface area contributed by atoms with Crippen molar-refractivity contribution in [1.29, 1.82) is 0 Å². The van der Waals surface area contributed by atoms with E-state index in [9.17, 15) is 4.79 Å². The summed E-state index contributed by atoms with van der Waals surface area (Å²) in [6, 6.07) is 7.62. The molecule has 1 aliphatic rings. The molecule has 0 aliphatic carbocycles. The second kappa shape index (κ2) is 8.68. The average Bonchev–Trinajstić information content (AvgIpc) is 3.31.